The van der Waals surface area contributed by atoms with E-state index >= 15 is 0 Å². The molecule has 2 heterocycles. The number of nitrogens with zero attached hydrogens (tertiary/aromatic N) is 1. The molecule has 0 spiro atoms. The summed E-state index contributed by atoms with van der Waals surface area (Å²) >= 11 is 0. The molecule has 2 aromatic rings. The Hall–Kier alpha value is -1.81. The predicted molar refractivity (Wildman–Crippen MR) is 54.2 cm³/mol. The first-order chi connectivity index (χ1) is 6.81. The van der Waals surface area contributed by atoms with E-state index in [1.54, 1.807) is 6.20 Å². The van der Waals surface area contributed by atoms with Gasteiger partial charge in [-0.25, -0.2) is 4.98 Å². The van der Waals surface area contributed by atoms with Crippen LogP contribution in [0.4, 0.5) is 5.82 Å². The number of furan rings is 1. The number of rotatable bonds is 2. The lowest BCUT2D eigenvalue weighted by molar-refractivity contribution is 0.525. The molecule has 2 rings (SSSR count). The van der Waals surface area contributed by atoms with Gasteiger partial charge in [0.05, 0.1) is 12.1 Å². The topological polar surface area (TPSA) is 78.1 Å². The van der Waals surface area contributed by atoms with Crippen LogP contribution in [0, 0.1) is 0 Å². The summed E-state index contributed by atoms with van der Waals surface area (Å²) in [5.74, 6) is 1.91. The summed E-state index contributed by atoms with van der Waals surface area (Å²) in [7, 11) is 0. The number of hydrogen-bond donors (Lipinski definition) is 2. The van der Waals surface area contributed by atoms with Crippen molar-refractivity contribution in [3.63, 3.8) is 0 Å². The van der Waals surface area contributed by atoms with Crippen LogP contribution < -0.4 is 11.5 Å². The van der Waals surface area contributed by atoms with Gasteiger partial charge in [-0.1, -0.05) is 0 Å². The fraction of sp³-hybridized carbons (Fsp3) is 0.100. The Morgan fingerprint density at radius 3 is 2.79 bits per heavy atom. The number of pyridine rings is 1. The van der Waals surface area contributed by atoms with Crippen molar-refractivity contribution in [2.75, 3.05) is 5.73 Å². The predicted octanol–water partition coefficient (Wildman–Crippen LogP) is 1.38. The van der Waals surface area contributed by atoms with Crippen molar-refractivity contribution in [2.45, 2.75) is 6.54 Å². The maximum Gasteiger partial charge on any atom is 0.138 e. The van der Waals surface area contributed by atoms with Gasteiger partial charge in [-0.15, -0.1) is 0 Å². The second-order valence-corrected chi connectivity index (χ2v) is 2.91. The Labute approximate surface area is 81.5 Å². The Bertz CT molecular complexity index is 436. The molecular formula is C10H11N3O. The normalized spacial score (nSPS) is 10.4. The Morgan fingerprint density at radius 1 is 1.29 bits per heavy atom. The SMILES string of the molecule is NCc1ccc(-c2cccnc2N)o1. The minimum Gasteiger partial charge on any atom is -0.460 e. The molecule has 72 valence electrons. The monoisotopic (exact) mass is 189 g/mol. The van der Waals surface area contributed by atoms with Crippen molar-refractivity contribution in [1.82, 2.24) is 4.98 Å². The number of aromatic nitrogens is 1. The summed E-state index contributed by atoms with van der Waals surface area (Å²) in [5, 5.41) is 0. The van der Waals surface area contributed by atoms with Crippen LogP contribution in [0.2, 0.25) is 0 Å². The third kappa shape index (κ3) is 1.47. The van der Waals surface area contributed by atoms with Crippen molar-refractivity contribution < 1.29 is 4.42 Å². The van der Waals surface area contributed by atoms with Gasteiger partial charge in [0, 0.05) is 6.20 Å². The van der Waals surface area contributed by atoms with Crippen molar-refractivity contribution >= 4 is 5.82 Å². The number of hydrogen-bond acceptors (Lipinski definition) is 4. The molecule has 0 atom stereocenters. The van der Waals surface area contributed by atoms with Crippen molar-refractivity contribution in [3.05, 3.63) is 36.2 Å². The molecule has 2 aromatic heterocycles. The zero-order chi connectivity index (χ0) is 9.97. The molecule has 0 bridgehead atoms. The van der Waals surface area contributed by atoms with Crippen molar-refractivity contribution in [1.29, 1.82) is 0 Å². The molecule has 4 nitrogen and oxygen atoms in total. The number of anilines is 1. The number of nitrogen functional groups attached to an aromatic ring is 1. The molecule has 4 N–H and O–H groups in total. The van der Waals surface area contributed by atoms with E-state index in [-0.39, 0.29) is 0 Å². The second-order valence-electron chi connectivity index (χ2n) is 2.91. The van der Waals surface area contributed by atoms with Crippen LogP contribution in [0.15, 0.2) is 34.9 Å². The summed E-state index contributed by atoms with van der Waals surface area (Å²) in [6, 6.07) is 7.36. The van der Waals surface area contributed by atoms with Crippen LogP contribution >= 0.6 is 0 Å². The van der Waals surface area contributed by atoms with Crippen LogP contribution in [-0.4, -0.2) is 4.98 Å². The van der Waals surface area contributed by atoms with Crippen LogP contribution in [-0.2, 0) is 6.54 Å². The largest absolute Gasteiger partial charge is 0.460 e. The fourth-order valence-electron chi connectivity index (χ4n) is 1.26. The molecule has 0 unspecified atom stereocenters. The highest BCUT2D eigenvalue weighted by molar-refractivity contribution is 5.69. The zero-order valence-electron chi connectivity index (χ0n) is 7.60. The van der Waals surface area contributed by atoms with Crippen LogP contribution in [0.5, 0.6) is 0 Å². The van der Waals surface area contributed by atoms with E-state index in [4.69, 9.17) is 15.9 Å². The molecule has 0 radical (unpaired) electrons. The second kappa shape index (κ2) is 3.51. The van der Waals surface area contributed by atoms with Gasteiger partial charge >= 0.3 is 0 Å². The molecule has 0 aliphatic heterocycles. The number of nitrogens with two attached hydrogens (primary N) is 2. The van der Waals surface area contributed by atoms with Crippen molar-refractivity contribution in [3.8, 4) is 11.3 Å². The Kier molecular flexibility index (Phi) is 2.20. The lowest BCUT2D eigenvalue weighted by Crippen LogP contribution is -1.93. The minimum absolute atomic E-state index is 0.389. The molecule has 4 heteroatoms. The third-order valence-corrected chi connectivity index (χ3v) is 1.97. The van der Waals surface area contributed by atoms with E-state index in [2.05, 4.69) is 4.98 Å². The Morgan fingerprint density at radius 2 is 2.14 bits per heavy atom. The summed E-state index contributed by atoms with van der Waals surface area (Å²) < 4.78 is 5.45. The Balaban J connectivity index is 2.44. The summed E-state index contributed by atoms with van der Waals surface area (Å²) in [6.45, 7) is 0.389. The molecule has 0 aliphatic rings. The average Bonchev–Trinajstić information content (AvgIpc) is 2.67. The molecule has 0 aliphatic carbocycles. The van der Waals surface area contributed by atoms with E-state index in [0.717, 1.165) is 11.3 Å². The molecule has 0 saturated heterocycles. The molecule has 0 aromatic carbocycles. The van der Waals surface area contributed by atoms with Gasteiger partial charge in [-0.3, -0.25) is 0 Å². The first-order valence-corrected chi connectivity index (χ1v) is 4.31. The van der Waals surface area contributed by atoms with E-state index in [0.29, 0.717) is 18.1 Å². The molecule has 0 amide bonds. The minimum atomic E-state index is 0.389. The molecule has 0 saturated carbocycles. The highest BCUT2D eigenvalue weighted by Gasteiger charge is 2.06. The van der Waals surface area contributed by atoms with Crippen molar-refractivity contribution in [2.24, 2.45) is 5.73 Å². The maximum absolute atomic E-state index is 5.70. The highest BCUT2D eigenvalue weighted by Crippen LogP contribution is 2.25. The van der Waals surface area contributed by atoms with E-state index < -0.39 is 0 Å². The third-order valence-electron chi connectivity index (χ3n) is 1.97. The smallest absolute Gasteiger partial charge is 0.138 e. The van der Waals surface area contributed by atoms with Gasteiger partial charge in [0.15, 0.2) is 0 Å². The van der Waals surface area contributed by atoms with Crippen LogP contribution in [0.3, 0.4) is 0 Å². The molecule has 14 heavy (non-hydrogen) atoms. The van der Waals surface area contributed by atoms with Gasteiger partial charge < -0.3 is 15.9 Å². The highest BCUT2D eigenvalue weighted by atomic mass is 16.3. The lowest BCUT2D eigenvalue weighted by atomic mass is 10.2. The maximum atomic E-state index is 5.70. The van der Waals surface area contributed by atoms with Gasteiger partial charge in [0.2, 0.25) is 0 Å². The first-order valence-electron chi connectivity index (χ1n) is 4.31. The summed E-state index contributed by atoms with van der Waals surface area (Å²) in [4.78, 5) is 3.98. The summed E-state index contributed by atoms with van der Waals surface area (Å²) in [6.07, 6.45) is 1.64. The van der Waals surface area contributed by atoms with Gasteiger partial charge in [0.25, 0.3) is 0 Å². The van der Waals surface area contributed by atoms with Gasteiger partial charge in [-0.2, -0.15) is 0 Å². The fourth-order valence-corrected chi connectivity index (χ4v) is 1.26. The van der Waals surface area contributed by atoms with E-state index in [1.165, 1.54) is 0 Å². The quantitative estimate of drug-likeness (QED) is 0.748. The van der Waals surface area contributed by atoms with Crippen LogP contribution in [0.1, 0.15) is 5.76 Å². The standard InChI is InChI=1S/C10H11N3O/c11-6-7-3-4-9(14-7)8-2-1-5-13-10(8)12/h1-5H,6,11H2,(H2,12,13). The molecule has 0 fully saturated rings. The van der Waals surface area contributed by atoms with E-state index in [1.807, 2.05) is 24.3 Å². The average molecular weight is 189 g/mol. The molecular weight excluding hydrogens is 178 g/mol. The van der Waals surface area contributed by atoms with E-state index in [9.17, 15) is 0 Å². The van der Waals surface area contributed by atoms with Crippen LogP contribution in [0.25, 0.3) is 11.3 Å². The lowest BCUT2D eigenvalue weighted by Gasteiger charge is -1.99. The first kappa shape index (κ1) is 8.77. The summed E-state index contributed by atoms with van der Waals surface area (Å²) in [5.41, 5.74) is 11.9. The van der Waals surface area contributed by atoms with Gasteiger partial charge in [0.1, 0.15) is 17.3 Å². The van der Waals surface area contributed by atoms with Gasteiger partial charge in [-0.05, 0) is 24.3 Å². The zero-order valence-corrected chi connectivity index (χ0v) is 7.60.